The standard InChI is InChI=1S/C17H14FNO2/c18-16-8-6-14(7-9-16)12-19-17(21)15-5-1-3-13(11-15)4-2-10-20/h1,3,5-9,11,20H,10,12H2,(H,19,21). The van der Waals surface area contributed by atoms with Crippen molar-refractivity contribution in [3.63, 3.8) is 0 Å². The minimum Gasteiger partial charge on any atom is -0.384 e. The van der Waals surface area contributed by atoms with E-state index in [2.05, 4.69) is 17.2 Å². The molecule has 0 aliphatic carbocycles. The molecule has 3 nitrogen and oxygen atoms in total. The normalized spacial score (nSPS) is 9.62. The molecule has 0 fully saturated rings. The summed E-state index contributed by atoms with van der Waals surface area (Å²) in [5, 5.41) is 11.4. The fraction of sp³-hybridized carbons (Fsp3) is 0.118. The third-order valence-corrected chi connectivity index (χ3v) is 2.80. The smallest absolute Gasteiger partial charge is 0.251 e. The summed E-state index contributed by atoms with van der Waals surface area (Å²) in [6.45, 7) is 0.104. The first-order valence-electron chi connectivity index (χ1n) is 6.41. The second kappa shape index (κ2) is 7.22. The Labute approximate surface area is 122 Å². The van der Waals surface area contributed by atoms with Crippen LogP contribution in [0.25, 0.3) is 0 Å². The van der Waals surface area contributed by atoms with Crippen LogP contribution in [0.4, 0.5) is 4.39 Å². The number of rotatable bonds is 3. The number of amides is 1. The molecular formula is C17H14FNO2. The second-order valence-corrected chi connectivity index (χ2v) is 4.35. The minimum atomic E-state index is -0.305. The van der Waals surface area contributed by atoms with Gasteiger partial charge in [-0.25, -0.2) is 4.39 Å². The van der Waals surface area contributed by atoms with E-state index >= 15 is 0 Å². The molecule has 0 heterocycles. The van der Waals surface area contributed by atoms with Gasteiger partial charge in [0.15, 0.2) is 0 Å². The van der Waals surface area contributed by atoms with Gasteiger partial charge in [0.05, 0.1) is 0 Å². The highest BCUT2D eigenvalue weighted by molar-refractivity contribution is 5.94. The van der Waals surface area contributed by atoms with E-state index in [1.54, 1.807) is 36.4 Å². The average molecular weight is 283 g/mol. The van der Waals surface area contributed by atoms with Crippen molar-refractivity contribution in [2.75, 3.05) is 6.61 Å². The van der Waals surface area contributed by atoms with E-state index in [1.807, 2.05) is 0 Å². The number of benzene rings is 2. The lowest BCUT2D eigenvalue weighted by Crippen LogP contribution is -2.22. The van der Waals surface area contributed by atoms with Crippen LogP contribution in [-0.4, -0.2) is 17.6 Å². The molecule has 0 radical (unpaired) electrons. The molecule has 0 saturated heterocycles. The van der Waals surface area contributed by atoms with Crippen LogP contribution in [-0.2, 0) is 6.54 Å². The molecule has 106 valence electrons. The van der Waals surface area contributed by atoms with Gasteiger partial charge in [0.2, 0.25) is 0 Å². The van der Waals surface area contributed by atoms with Gasteiger partial charge in [-0.05, 0) is 35.9 Å². The van der Waals surface area contributed by atoms with Gasteiger partial charge >= 0.3 is 0 Å². The quantitative estimate of drug-likeness (QED) is 0.848. The van der Waals surface area contributed by atoms with Crippen LogP contribution in [0.2, 0.25) is 0 Å². The van der Waals surface area contributed by atoms with Crippen LogP contribution in [0, 0.1) is 17.7 Å². The molecule has 0 aromatic heterocycles. The monoisotopic (exact) mass is 283 g/mol. The first-order valence-corrected chi connectivity index (χ1v) is 6.41. The number of aliphatic hydroxyl groups excluding tert-OH is 1. The van der Waals surface area contributed by atoms with Crippen molar-refractivity contribution in [2.24, 2.45) is 0 Å². The zero-order valence-electron chi connectivity index (χ0n) is 11.3. The van der Waals surface area contributed by atoms with Crippen LogP contribution < -0.4 is 5.32 Å². The molecular weight excluding hydrogens is 269 g/mol. The number of nitrogens with one attached hydrogen (secondary N) is 1. The molecule has 0 unspecified atom stereocenters. The highest BCUT2D eigenvalue weighted by Crippen LogP contribution is 2.06. The lowest BCUT2D eigenvalue weighted by molar-refractivity contribution is 0.0951. The van der Waals surface area contributed by atoms with E-state index in [9.17, 15) is 9.18 Å². The fourth-order valence-electron chi connectivity index (χ4n) is 1.77. The van der Waals surface area contributed by atoms with Crippen LogP contribution in [0.15, 0.2) is 48.5 Å². The predicted molar refractivity (Wildman–Crippen MR) is 78.0 cm³/mol. The molecule has 0 atom stereocenters. The van der Waals surface area contributed by atoms with Crippen LogP contribution in [0.1, 0.15) is 21.5 Å². The molecule has 21 heavy (non-hydrogen) atoms. The lowest BCUT2D eigenvalue weighted by atomic mass is 10.1. The van der Waals surface area contributed by atoms with Gasteiger partial charge in [0, 0.05) is 17.7 Å². The fourth-order valence-corrected chi connectivity index (χ4v) is 1.77. The van der Waals surface area contributed by atoms with Gasteiger partial charge in [0.1, 0.15) is 12.4 Å². The van der Waals surface area contributed by atoms with Gasteiger partial charge in [-0.3, -0.25) is 4.79 Å². The third-order valence-electron chi connectivity index (χ3n) is 2.80. The molecule has 0 spiro atoms. The topological polar surface area (TPSA) is 49.3 Å². The Morgan fingerprint density at radius 2 is 1.95 bits per heavy atom. The van der Waals surface area contributed by atoms with Crippen molar-refractivity contribution in [2.45, 2.75) is 6.54 Å². The summed E-state index contributed by atoms with van der Waals surface area (Å²) in [5.74, 6) is 4.75. The summed E-state index contributed by atoms with van der Waals surface area (Å²) in [4.78, 5) is 12.0. The number of aliphatic hydroxyl groups is 1. The van der Waals surface area contributed by atoms with Crippen LogP contribution in [0.3, 0.4) is 0 Å². The number of hydrogen-bond acceptors (Lipinski definition) is 2. The number of carbonyl (C=O) groups excluding carboxylic acids is 1. The van der Waals surface area contributed by atoms with Crippen molar-refractivity contribution in [1.82, 2.24) is 5.32 Å². The Bertz CT molecular complexity index is 684. The lowest BCUT2D eigenvalue weighted by Gasteiger charge is -2.06. The zero-order chi connectivity index (χ0) is 15.1. The van der Waals surface area contributed by atoms with Crippen molar-refractivity contribution in [3.8, 4) is 11.8 Å². The Hall–Kier alpha value is -2.64. The molecule has 4 heteroatoms. The maximum absolute atomic E-state index is 12.8. The maximum Gasteiger partial charge on any atom is 0.251 e. The SMILES string of the molecule is O=C(NCc1ccc(F)cc1)c1cccc(C#CCO)c1. The number of halogens is 1. The molecule has 1 amide bonds. The predicted octanol–water partition coefficient (Wildman–Crippen LogP) is 2.10. The van der Waals surface area contributed by atoms with Crippen molar-refractivity contribution < 1.29 is 14.3 Å². The second-order valence-electron chi connectivity index (χ2n) is 4.35. The molecule has 0 aliphatic heterocycles. The summed E-state index contributed by atoms with van der Waals surface area (Å²) < 4.78 is 12.8. The number of carbonyl (C=O) groups is 1. The van der Waals surface area contributed by atoms with Crippen molar-refractivity contribution >= 4 is 5.91 Å². The molecule has 0 aliphatic rings. The Kier molecular flexibility index (Phi) is 5.08. The van der Waals surface area contributed by atoms with Gasteiger partial charge in [-0.15, -0.1) is 0 Å². The van der Waals surface area contributed by atoms with Gasteiger partial charge in [-0.2, -0.15) is 0 Å². The molecule has 2 aromatic rings. The van der Waals surface area contributed by atoms with E-state index in [1.165, 1.54) is 12.1 Å². The zero-order valence-corrected chi connectivity index (χ0v) is 11.3. The largest absolute Gasteiger partial charge is 0.384 e. The van der Waals surface area contributed by atoms with Crippen LogP contribution in [0.5, 0.6) is 0 Å². The molecule has 2 aromatic carbocycles. The highest BCUT2D eigenvalue weighted by atomic mass is 19.1. The molecule has 0 bridgehead atoms. The first kappa shape index (κ1) is 14.8. The van der Waals surface area contributed by atoms with E-state index in [0.717, 1.165) is 5.56 Å². The van der Waals surface area contributed by atoms with E-state index in [4.69, 9.17) is 5.11 Å². The van der Waals surface area contributed by atoms with Gasteiger partial charge < -0.3 is 10.4 Å². The maximum atomic E-state index is 12.8. The molecule has 0 saturated carbocycles. The minimum absolute atomic E-state index is 0.221. The summed E-state index contributed by atoms with van der Waals surface area (Å²) >= 11 is 0. The summed E-state index contributed by atoms with van der Waals surface area (Å²) in [7, 11) is 0. The van der Waals surface area contributed by atoms with E-state index in [0.29, 0.717) is 17.7 Å². The van der Waals surface area contributed by atoms with Gasteiger partial charge in [-0.1, -0.05) is 30.0 Å². The average Bonchev–Trinajstić information content (AvgIpc) is 2.52. The van der Waals surface area contributed by atoms with Crippen molar-refractivity contribution in [3.05, 3.63) is 71.0 Å². The van der Waals surface area contributed by atoms with E-state index < -0.39 is 0 Å². The first-order chi connectivity index (χ1) is 10.2. The summed E-state index contributed by atoms with van der Waals surface area (Å²) in [5.41, 5.74) is 1.97. The Balaban J connectivity index is 2.01. The van der Waals surface area contributed by atoms with Crippen LogP contribution >= 0.6 is 0 Å². The van der Waals surface area contributed by atoms with E-state index in [-0.39, 0.29) is 18.3 Å². The molecule has 2 rings (SSSR count). The third kappa shape index (κ3) is 4.44. The van der Waals surface area contributed by atoms with Gasteiger partial charge in [0.25, 0.3) is 5.91 Å². The Morgan fingerprint density at radius 1 is 1.19 bits per heavy atom. The molecule has 2 N–H and O–H groups in total. The number of hydrogen-bond donors (Lipinski definition) is 2. The highest BCUT2D eigenvalue weighted by Gasteiger charge is 2.05. The van der Waals surface area contributed by atoms with Crippen molar-refractivity contribution in [1.29, 1.82) is 0 Å². The summed E-state index contributed by atoms with van der Waals surface area (Å²) in [6, 6.07) is 12.8. The Morgan fingerprint density at radius 3 is 2.67 bits per heavy atom. The summed E-state index contributed by atoms with van der Waals surface area (Å²) in [6.07, 6.45) is 0.